The van der Waals surface area contributed by atoms with Crippen molar-refractivity contribution >= 4 is 40.7 Å². The van der Waals surface area contributed by atoms with E-state index in [2.05, 4.69) is 15.3 Å². The summed E-state index contributed by atoms with van der Waals surface area (Å²) in [6.07, 6.45) is 1.61. The van der Waals surface area contributed by atoms with Gasteiger partial charge < -0.3 is 20.7 Å². The van der Waals surface area contributed by atoms with Crippen molar-refractivity contribution in [2.75, 3.05) is 42.8 Å². The second kappa shape index (κ2) is 11.7. The number of carbonyl (C=O) groups is 2. The number of halogens is 3. The van der Waals surface area contributed by atoms with Gasteiger partial charge in [-0.15, -0.1) is 0 Å². The fourth-order valence-electron chi connectivity index (χ4n) is 4.54. The SMILES string of the molecule is CSCCC(=O)N1CCOC(c2nc(-c3ccc(C(=O)Nc4cc(C(F)(F)F)ccn4)cc3)c3c(N)nccn23)C1. The molecule has 0 bridgehead atoms. The zero-order chi connectivity index (χ0) is 29.1. The second-order valence-electron chi connectivity index (χ2n) is 9.25. The second-order valence-corrected chi connectivity index (χ2v) is 10.2. The van der Waals surface area contributed by atoms with E-state index in [1.165, 1.54) is 12.1 Å². The van der Waals surface area contributed by atoms with E-state index in [4.69, 9.17) is 15.5 Å². The number of benzene rings is 1. The lowest BCUT2D eigenvalue weighted by Gasteiger charge is -2.32. The van der Waals surface area contributed by atoms with E-state index in [0.717, 1.165) is 24.1 Å². The molecule has 0 radical (unpaired) electrons. The van der Waals surface area contributed by atoms with Crippen LogP contribution < -0.4 is 11.1 Å². The number of amides is 2. The van der Waals surface area contributed by atoms with Crippen LogP contribution in [0.1, 0.15) is 34.3 Å². The topological polar surface area (TPSA) is 128 Å². The van der Waals surface area contributed by atoms with Crippen molar-refractivity contribution < 1.29 is 27.5 Å². The number of thioether (sulfide) groups is 1. The summed E-state index contributed by atoms with van der Waals surface area (Å²) < 4.78 is 46.8. The average molecular weight is 586 g/mol. The van der Waals surface area contributed by atoms with Gasteiger partial charge >= 0.3 is 6.18 Å². The molecule has 1 aliphatic rings. The number of anilines is 2. The number of nitrogen functional groups attached to an aromatic ring is 1. The van der Waals surface area contributed by atoms with Crippen molar-refractivity contribution in [2.24, 2.45) is 0 Å². The highest BCUT2D eigenvalue weighted by Crippen LogP contribution is 2.33. The Labute approximate surface area is 237 Å². The summed E-state index contributed by atoms with van der Waals surface area (Å²) in [7, 11) is 0. The molecular formula is C27H26F3N7O3S. The van der Waals surface area contributed by atoms with Gasteiger partial charge in [-0.25, -0.2) is 15.0 Å². The minimum absolute atomic E-state index is 0.0594. The molecule has 214 valence electrons. The van der Waals surface area contributed by atoms with Gasteiger partial charge in [0.05, 0.1) is 18.7 Å². The lowest BCUT2D eigenvalue weighted by atomic mass is 10.1. The van der Waals surface area contributed by atoms with Crippen molar-refractivity contribution in [2.45, 2.75) is 18.7 Å². The predicted molar refractivity (Wildman–Crippen MR) is 148 cm³/mol. The zero-order valence-electron chi connectivity index (χ0n) is 21.9. The van der Waals surface area contributed by atoms with Gasteiger partial charge in [0.1, 0.15) is 34.8 Å². The van der Waals surface area contributed by atoms with E-state index in [1.54, 1.807) is 45.6 Å². The summed E-state index contributed by atoms with van der Waals surface area (Å²) in [4.78, 5) is 40.0. The van der Waals surface area contributed by atoms with Crippen LogP contribution in [0.25, 0.3) is 16.8 Å². The Hall–Kier alpha value is -4.17. The first kappa shape index (κ1) is 28.4. The fourth-order valence-corrected chi connectivity index (χ4v) is 4.92. The van der Waals surface area contributed by atoms with Crippen LogP contribution in [0.4, 0.5) is 24.8 Å². The third-order valence-electron chi connectivity index (χ3n) is 6.59. The molecule has 1 unspecified atom stereocenters. The normalized spacial score (nSPS) is 15.7. The van der Waals surface area contributed by atoms with Crippen LogP contribution in [0.2, 0.25) is 0 Å². The first-order valence-corrected chi connectivity index (χ1v) is 14.0. The van der Waals surface area contributed by atoms with Crippen molar-refractivity contribution in [1.29, 1.82) is 0 Å². The van der Waals surface area contributed by atoms with Gasteiger partial charge in [-0.05, 0) is 30.5 Å². The van der Waals surface area contributed by atoms with Crippen molar-refractivity contribution in [1.82, 2.24) is 24.3 Å². The molecule has 14 heteroatoms. The van der Waals surface area contributed by atoms with E-state index in [-0.39, 0.29) is 23.1 Å². The Bertz CT molecular complexity index is 1580. The molecule has 4 heterocycles. The largest absolute Gasteiger partial charge is 0.416 e. The van der Waals surface area contributed by atoms with Crippen LogP contribution in [-0.4, -0.2) is 67.8 Å². The molecule has 5 rings (SSSR count). The molecule has 0 saturated carbocycles. The molecule has 1 fully saturated rings. The van der Waals surface area contributed by atoms with Crippen LogP contribution in [0, 0.1) is 0 Å². The Balaban J connectivity index is 1.40. The summed E-state index contributed by atoms with van der Waals surface area (Å²) >= 11 is 1.61. The minimum atomic E-state index is -4.56. The Morgan fingerprint density at radius 2 is 1.95 bits per heavy atom. The van der Waals surface area contributed by atoms with Gasteiger partial charge in [-0.2, -0.15) is 24.9 Å². The maximum Gasteiger partial charge on any atom is 0.416 e. The zero-order valence-corrected chi connectivity index (χ0v) is 22.7. The van der Waals surface area contributed by atoms with Crippen molar-refractivity contribution in [3.05, 3.63) is 71.9 Å². The Morgan fingerprint density at radius 3 is 2.68 bits per heavy atom. The van der Waals surface area contributed by atoms with Gasteiger partial charge in [-0.3, -0.25) is 14.0 Å². The number of aromatic nitrogens is 4. The Morgan fingerprint density at radius 1 is 1.17 bits per heavy atom. The van der Waals surface area contributed by atoms with Crippen molar-refractivity contribution in [3.8, 4) is 11.3 Å². The van der Waals surface area contributed by atoms with Gasteiger partial charge in [-0.1, -0.05) is 12.1 Å². The summed E-state index contributed by atoms with van der Waals surface area (Å²) in [5.74, 6) is 0.757. The predicted octanol–water partition coefficient (Wildman–Crippen LogP) is 4.30. The number of alkyl halides is 3. The highest BCUT2D eigenvalue weighted by Gasteiger charge is 2.31. The van der Waals surface area contributed by atoms with Crippen LogP contribution in [0.5, 0.6) is 0 Å². The Kier molecular flexibility index (Phi) is 8.13. The number of fused-ring (bicyclic) bond motifs is 1. The molecule has 10 nitrogen and oxygen atoms in total. The number of nitrogens with zero attached hydrogens (tertiary/aromatic N) is 5. The number of morpholine rings is 1. The molecule has 1 aromatic carbocycles. The van der Waals surface area contributed by atoms with Crippen LogP contribution in [-0.2, 0) is 15.7 Å². The van der Waals surface area contributed by atoms with E-state index < -0.39 is 23.8 Å². The first-order valence-electron chi connectivity index (χ1n) is 12.6. The standard InChI is InChI=1S/C27H26F3N7O3S/c1-41-13-7-21(38)36-11-12-40-19(15-36)25-35-22(23-24(31)33-9-10-37(23)25)16-2-4-17(5-3-16)26(39)34-20-14-18(6-8-32-20)27(28,29)30/h2-6,8-10,14,19H,7,11-13,15H2,1H3,(H2,31,33)(H,32,34,39). The number of nitrogens with one attached hydrogen (secondary N) is 1. The highest BCUT2D eigenvalue weighted by molar-refractivity contribution is 7.98. The maximum atomic E-state index is 13.0. The summed E-state index contributed by atoms with van der Waals surface area (Å²) in [6, 6.07) is 7.97. The molecule has 1 saturated heterocycles. The first-order chi connectivity index (χ1) is 19.7. The molecule has 1 aliphatic heterocycles. The summed E-state index contributed by atoms with van der Waals surface area (Å²) in [6.45, 7) is 1.21. The summed E-state index contributed by atoms with van der Waals surface area (Å²) in [5, 5.41) is 2.39. The number of carbonyl (C=O) groups excluding carboxylic acids is 2. The van der Waals surface area contributed by atoms with E-state index in [9.17, 15) is 22.8 Å². The summed E-state index contributed by atoms with van der Waals surface area (Å²) in [5.41, 5.74) is 7.21. The van der Waals surface area contributed by atoms with E-state index >= 15 is 0 Å². The molecule has 3 aromatic heterocycles. The average Bonchev–Trinajstić information content (AvgIpc) is 3.37. The van der Waals surface area contributed by atoms with Crippen LogP contribution >= 0.6 is 11.8 Å². The third kappa shape index (κ3) is 6.12. The molecule has 4 aromatic rings. The van der Waals surface area contributed by atoms with E-state index in [0.29, 0.717) is 48.7 Å². The van der Waals surface area contributed by atoms with Crippen LogP contribution in [0.15, 0.2) is 55.0 Å². The van der Waals surface area contributed by atoms with Gasteiger partial charge in [0, 0.05) is 48.4 Å². The molecule has 3 N–H and O–H groups in total. The number of hydrogen-bond acceptors (Lipinski definition) is 8. The molecule has 1 atom stereocenters. The molecule has 0 aliphatic carbocycles. The lowest BCUT2D eigenvalue weighted by Crippen LogP contribution is -2.42. The number of nitrogens with two attached hydrogens (primary N) is 1. The monoisotopic (exact) mass is 585 g/mol. The number of rotatable bonds is 7. The van der Waals surface area contributed by atoms with Gasteiger partial charge in [0.2, 0.25) is 5.91 Å². The number of imidazole rings is 1. The smallest absolute Gasteiger partial charge is 0.382 e. The van der Waals surface area contributed by atoms with Crippen LogP contribution in [0.3, 0.4) is 0 Å². The fraction of sp³-hybridized carbons (Fsp3) is 0.296. The lowest BCUT2D eigenvalue weighted by molar-refractivity contribution is -0.139. The molecule has 41 heavy (non-hydrogen) atoms. The third-order valence-corrected chi connectivity index (χ3v) is 7.20. The number of hydrogen-bond donors (Lipinski definition) is 2. The number of pyridine rings is 1. The number of ether oxygens (including phenoxy) is 1. The molecule has 2 amide bonds. The highest BCUT2D eigenvalue weighted by atomic mass is 32.2. The molecular weight excluding hydrogens is 559 g/mol. The van der Waals surface area contributed by atoms with Gasteiger partial charge in [0.25, 0.3) is 5.91 Å². The van der Waals surface area contributed by atoms with E-state index in [1.807, 2.05) is 6.26 Å². The maximum absolute atomic E-state index is 13.0. The quantitative estimate of drug-likeness (QED) is 0.329. The van der Waals surface area contributed by atoms with Gasteiger partial charge in [0.15, 0.2) is 0 Å². The molecule has 0 spiro atoms. The van der Waals surface area contributed by atoms with Crippen molar-refractivity contribution in [3.63, 3.8) is 0 Å². The minimum Gasteiger partial charge on any atom is -0.382 e.